The zero-order valence-corrected chi connectivity index (χ0v) is 33.5. The molecule has 0 saturated heterocycles. The van der Waals surface area contributed by atoms with E-state index in [4.69, 9.17) is 0 Å². The number of carbonyl (C=O) groups excluding carboxylic acids is 3. The smallest absolute Gasteiger partial charge is 0.0456 e. The molecule has 260 valence electrons. The largest absolute Gasteiger partial charge is 0.550 e. The number of carbonyl (C=O) groups is 3. The van der Waals surface area contributed by atoms with Crippen LogP contribution in [-0.2, 0) is 14.4 Å². The molecule has 3 aliphatic carbocycles. The summed E-state index contributed by atoms with van der Waals surface area (Å²) in [5, 5.41) is 32.0. The topological polar surface area (TPSA) is 120 Å². The molecule has 3 fully saturated rings. The summed E-state index contributed by atoms with van der Waals surface area (Å²) >= 11 is 13.8. The number of carboxylic acid groups (broad SMARTS) is 3. The van der Waals surface area contributed by atoms with E-state index in [9.17, 15) is 29.7 Å². The Bertz CT molecular complexity index is 649. The van der Waals surface area contributed by atoms with Gasteiger partial charge >= 0.3 is 72.4 Å². The molecule has 45 heavy (non-hydrogen) atoms. The van der Waals surface area contributed by atoms with Crippen LogP contribution in [0.25, 0.3) is 0 Å². The SMILES string of the molecule is CCCCCCC[CH2][Sn+3].O=C([O-])C(CS)C1CCCCC1.O=C([O-])C(CS)C1CCCCC1.O=C([O-])C(CS)C1CCCCC1. The molecule has 3 rings (SSSR count). The minimum absolute atomic E-state index is 0.321. The third-order valence-electron chi connectivity index (χ3n) is 9.69. The van der Waals surface area contributed by atoms with Crippen LogP contribution in [-0.4, -0.2) is 57.7 Å². The zero-order valence-electron chi connectivity index (χ0n) is 27.9. The van der Waals surface area contributed by atoms with E-state index in [0.29, 0.717) is 35.0 Å². The summed E-state index contributed by atoms with van der Waals surface area (Å²) in [6.07, 6.45) is 25.7. The van der Waals surface area contributed by atoms with Crippen LogP contribution in [0.15, 0.2) is 0 Å². The molecule has 3 unspecified atom stereocenters. The number of thiol groups is 3. The molecule has 0 spiro atoms. The molecule has 0 aromatic carbocycles. The van der Waals surface area contributed by atoms with E-state index >= 15 is 0 Å². The van der Waals surface area contributed by atoms with E-state index in [1.165, 1.54) is 101 Å². The quantitative estimate of drug-likeness (QED) is 0.114. The van der Waals surface area contributed by atoms with E-state index in [2.05, 4.69) is 44.8 Å². The number of hydrogen-bond acceptors (Lipinski definition) is 9. The number of rotatable bonds is 15. The molecule has 0 heterocycles. The van der Waals surface area contributed by atoms with E-state index in [0.717, 1.165) is 38.5 Å². The Morgan fingerprint density at radius 2 is 0.800 bits per heavy atom. The summed E-state index contributed by atoms with van der Waals surface area (Å²) in [6.45, 7) is 2.27. The molecule has 6 nitrogen and oxygen atoms in total. The fourth-order valence-corrected chi connectivity index (χ4v) is 8.82. The van der Waals surface area contributed by atoms with E-state index in [1.54, 1.807) is 22.5 Å². The summed E-state index contributed by atoms with van der Waals surface area (Å²) in [5.41, 5.74) is 0. The van der Waals surface area contributed by atoms with Crippen LogP contribution in [0.1, 0.15) is 142 Å². The van der Waals surface area contributed by atoms with Crippen LogP contribution >= 0.6 is 37.9 Å². The van der Waals surface area contributed by atoms with Crippen LogP contribution in [0.4, 0.5) is 0 Å². The minimum atomic E-state index is -0.920. The first-order valence-corrected chi connectivity index (χ1v) is 21.7. The van der Waals surface area contributed by atoms with Crippen LogP contribution in [0.5, 0.6) is 0 Å². The van der Waals surface area contributed by atoms with Gasteiger partial charge in [-0.1, -0.05) is 57.8 Å². The van der Waals surface area contributed by atoms with Gasteiger partial charge in [0.2, 0.25) is 0 Å². The van der Waals surface area contributed by atoms with Crippen molar-refractivity contribution in [3.63, 3.8) is 0 Å². The number of carboxylic acids is 3. The standard InChI is InChI=1S/3C9H16O2S.C8H17.Sn/c3*10-9(11)8(6-12)7-4-2-1-3-5-7;1-3-5-7-8-6-4-2;/h3*7-8,12H,1-6H2,(H,10,11);1,3-8H2,2H3;/q;;;;+3/p-3. The fraction of sp³-hybridized carbons (Fsp3) is 0.914. The predicted molar refractivity (Wildman–Crippen MR) is 191 cm³/mol. The van der Waals surface area contributed by atoms with E-state index in [-0.39, 0.29) is 17.8 Å². The Morgan fingerprint density at radius 3 is 1.02 bits per heavy atom. The Morgan fingerprint density at radius 1 is 0.533 bits per heavy atom. The van der Waals surface area contributed by atoms with Crippen LogP contribution in [0.2, 0.25) is 4.44 Å². The molecule has 0 N–H and O–H groups in total. The molecule has 3 aliphatic rings. The fourth-order valence-electron chi connectivity index (χ4n) is 6.76. The van der Waals surface area contributed by atoms with Gasteiger partial charge in [-0.25, -0.2) is 0 Å². The van der Waals surface area contributed by atoms with E-state index < -0.39 is 17.9 Å². The predicted octanol–water partition coefficient (Wildman–Crippen LogP) is 5.52. The Hall–Kier alpha value is 0.259. The summed E-state index contributed by atoms with van der Waals surface area (Å²) < 4.78 is 1.46. The van der Waals surface area contributed by atoms with Gasteiger partial charge in [0.15, 0.2) is 0 Å². The number of aliphatic carboxylic acids is 3. The number of unbranched alkanes of at least 4 members (excludes halogenated alkanes) is 5. The van der Waals surface area contributed by atoms with Gasteiger partial charge in [-0.05, 0) is 73.5 Å². The average molecular weight is 794 g/mol. The molecule has 10 heteroatoms. The second kappa shape index (κ2) is 30.3. The van der Waals surface area contributed by atoms with Crippen molar-refractivity contribution >= 4 is 78.3 Å². The van der Waals surface area contributed by atoms with Crippen molar-refractivity contribution < 1.29 is 29.7 Å². The summed E-state index contributed by atoms with van der Waals surface area (Å²) in [6, 6.07) is 0. The van der Waals surface area contributed by atoms with Gasteiger partial charge in [0.1, 0.15) is 0 Å². The summed E-state index contributed by atoms with van der Waals surface area (Å²) in [7, 11) is 0. The average Bonchev–Trinajstić information content (AvgIpc) is 3.04. The van der Waals surface area contributed by atoms with Gasteiger partial charge in [0.25, 0.3) is 0 Å². The van der Waals surface area contributed by atoms with Gasteiger partial charge in [-0.3, -0.25) is 0 Å². The third-order valence-corrected chi connectivity index (χ3v) is 11.9. The summed E-state index contributed by atoms with van der Waals surface area (Å²) in [4.78, 5) is 32.0. The van der Waals surface area contributed by atoms with Crippen molar-refractivity contribution in [1.82, 2.24) is 0 Å². The van der Waals surface area contributed by atoms with Crippen molar-refractivity contribution in [2.45, 2.75) is 146 Å². The Balaban J connectivity index is 0.000000578. The van der Waals surface area contributed by atoms with Gasteiger partial charge in [-0.15, -0.1) is 0 Å². The minimum Gasteiger partial charge on any atom is -0.550 e. The molecule has 0 radical (unpaired) electrons. The normalized spacial score (nSPS) is 19.7. The second-order valence-corrected chi connectivity index (χ2v) is 15.6. The molecule has 0 aromatic rings. The van der Waals surface area contributed by atoms with E-state index in [1.807, 2.05) is 0 Å². The van der Waals surface area contributed by atoms with Crippen molar-refractivity contribution in [1.29, 1.82) is 0 Å². The van der Waals surface area contributed by atoms with Crippen molar-refractivity contribution in [3.05, 3.63) is 0 Å². The molecule has 0 bridgehead atoms. The molecule has 0 amide bonds. The first kappa shape index (κ1) is 45.3. The van der Waals surface area contributed by atoms with Crippen LogP contribution < -0.4 is 15.3 Å². The van der Waals surface area contributed by atoms with Crippen LogP contribution in [0, 0.1) is 35.5 Å². The molecule has 3 saturated carbocycles. The van der Waals surface area contributed by atoms with Crippen molar-refractivity contribution in [2.24, 2.45) is 35.5 Å². The first-order valence-electron chi connectivity index (χ1n) is 17.8. The molecule has 0 aliphatic heterocycles. The maximum Gasteiger partial charge on any atom is 0.0456 e. The number of hydrogen-bond donors (Lipinski definition) is 3. The maximum atomic E-state index is 10.7. The van der Waals surface area contributed by atoms with Gasteiger partial charge in [0, 0.05) is 35.7 Å². The monoisotopic (exact) mass is 794 g/mol. The van der Waals surface area contributed by atoms with Crippen molar-refractivity contribution in [3.8, 4) is 0 Å². The first-order chi connectivity index (χ1) is 21.7. The summed E-state index contributed by atoms with van der Waals surface area (Å²) in [5.74, 6) is -1.50. The van der Waals surface area contributed by atoms with Gasteiger partial charge in [0.05, 0.1) is 0 Å². The Labute approximate surface area is 305 Å². The zero-order chi connectivity index (χ0) is 33.9. The molecule has 0 aromatic heterocycles. The second-order valence-electron chi connectivity index (χ2n) is 13.0. The van der Waals surface area contributed by atoms with Gasteiger partial charge in [-0.2, -0.15) is 37.9 Å². The van der Waals surface area contributed by atoms with Crippen molar-refractivity contribution in [2.75, 3.05) is 17.3 Å². The Kier molecular flexibility index (Phi) is 30.5. The molecular weight excluding hydrogens is 731 g/mol. The van der Waals surface area contributed by atoms with Crippen LogP contribution in [0.3, 0.4) is 0 Å². The third kappa shape index (κ3) is 21.8. The maximum absolute atomic E-state index is 10.7. The molecular formula is C35H62O6S3Sn. The van der Waals surface area contributed by atoms with Gasteiger partial charge < -0.3 is 29.7 Å². The molecule has 3 atom stereocenters.